The van der Waals surface area contributed by atoms with Crippen molar-refractivity contribution in [1.82, 2.24) is 9.88 Å². The number of carbonyl (C=O) groups is 3. The van der Waals surface area contributed by atoms with Crippen LogP contribution in [0.4, 0.5) is 0 Å². The summed E-state index contributed by atoms with van der Waals surface area (Å²) in [6.07, 6.45) is 1.36. The largest absolute Gasteiger partial charge is 0.480 e. The molecule has 0 spiro atoms. The second-order valence-corrected chi connectivity index (χ2v) is 3.65. The zero-order valence-corrected chi connectivity index (χ0v) is 9.79. The highest BCUT2D eigenvalue weighted by Gasteiger charge is 2.23. The van der Waals surface area contributed by atoms with Crippen molar-refractivity contribution in [3.05, 3.63) is 29.0 Å². The normalized spacial score (nSPS) is 9.83. The van der Waals surface area contributed by atoms with Gasteiger partial charge < -0.3 is 15.1 Å². The van der Waals surface area contributed by atoms with Crippen molar-refractivity contribution in [3.8, 4) is 0 Å². The summed E-state index contributed by atoms with van der Waals surface area (Å²) in [6, 6.07) is 2.78. The molecule has 0 atom stereocenters. The van der Waals surface area contributed by atoms with E-state index >= 15 is 0 Å². The highest BCUT2D eigenvalue weighted by molar-refractivity contribution is 6.32. The van der Waals surface area contributed by atoms with E-state index < -0.39 is 30.9 Å². The molecule has 0 bridgehead atoms. The van der Waals surface area contributed by atoms with E-state index in [9.17, 15) is 14.4 Å². The number of carboxylic acids is 2. The fraction of sp³-hybridized carbons (Fsp3) is 0.200. The molecule has 0 unspecified atom stereocenters. The Bertz CT molecular complexity index is 475. The van der Waals surface area contributed by atoms with E-state index in [4.69, 9.17) is 21.8 Å². The number of aliphatic carboxylic acids is 2. The molecule has 0 fully saturated rings. The summed E-state index contributed by atoms with van der Waals surface area (Å²) in [5.41, 5.74) is -0.0401. The average molecular weight is 273 g/mol. The summed E-state index contributed by atoms with van der Waals surface area (Å²) in [4.78, 5) is 37.4. The first-order chi connectivity index (χ1) is 8.41. The van der Waals surface area contributed by atoms with Gasteiger partial charge in [0.25, 0.3) is 5.91 Å². The molecule has 0 aliphatic carbocycles. The molecular formula is C10H9ClN2O5. The molecular weight excluding hydrogens is 264 g/mol. The number of hydrogen-bond donors (Lipinski definition) is 2. The second kappa shape index (κ2) is 5.97. The maximum atomic E-state index is 11.9. The van der Waals surface area contributed by atoms with Gasteiger partial charge in [-0.05, 0) is 12.1 Å². The van der Waals surface area contributed by atoms with Crippen LogP contribution < -0.4 is 0 Å². The second-order valence-electron chi connectivity index (χ2n) is 3.29. The Morgan fingerprint density at radius 3 is 2.22 bits per heavy atom. The Kier molecular flexibility index (Phi) is 4.61. The van der Waals surface area contributed by atoms with Crippen LogP contribution in [0.15, 0.2) is 18.3 Å². The Morgan fingerprint density at radius 1 is 1.22 bits per heavy atom. The van der Waals surface area contributed by atoms with Crippen molar-refractivity contribution in [1.29, 1.82) is 0 Å². The average Bonchev–Trinajstić information content (AvgIpc) is 2.26. The zero-order valence-electron chi connectivity index (χ0n) is 9.04. The minimum absolute atomic E-state index is 0.0401. The lowest BCUT2D eigenvalue weighted by Crippen LogP contribution is -2.39. The number of hydrogen-bond acceptors (Lipinski definition) is 4. The van der Waals surface area contributed by atoms with Gasteiger partial charge >= 0.3 is 11.9 Å². The fourth-order valence-electron chi connectivity index (χ4n) is 1.24. The van der Waals surface area contributed by atoms with Gasteiger partial charge in [-0.1, -0.05) is 11.6 Å². The smallest absolute Gasteiger partial charge is 0.323 e. The zero-order chi connectivity index (χ0) is 13.7. The van der Waals surface area contributed by atoms with Crippen LogP contribution in [0.2, 0.25) is 5.15 Å². The van der Waals surface area contributed by atoms with Crippen molar-refractivity contribution >= 4 is 29.4 Å². The lowest BCUT2D eigenvalue weighted by Gasteiger charge is -2.18. The molecule has 0 radical (unpaired) electrons. The number of carboxylic acid groups (broad SMARTS) is 2. The molecule has 8 heteroatoms. The van der Waals surface area contributed by atoms with Crippen LogP contribution in [0.3, 0.4) is 0 Å². The summed E-state index contributed by atoms with van der Waals surface area (Å²) >= 11 is 5.68. The van der Waals surface area contributed by atoms with Gasteiger partial charge in [0.15, 0.2) is 0 Å². The Balaban J connectivity index is 2.98. The van der Waals surface area contributed by atoms with E-state index in [1.54, 1.807) is 0 Å². The molecule has 1 heterocycles. The first kappa shape index (κ1) is 13.9. The molecule has 1 rings (SSSR count). The van der Waals surface area contributed by atoms with Crippen molar-refractivity contribution in [2.45, 2.75) is 0 Å². The van der Waals surface area contributed by atoms with E-state index in [2.05, 4.69) is 4.98 Å². The Hall–Kier alpha value is -2.15. The van der Waals surface area contributed by atoms with Gasteiger partial charge in [-0.2, -0.15) is 0 Å². The quantitative estimate of drug-likeness (QED) is 0.749. The number of amides is 1. The van der Waals surface area contributed by atoms with Crippen LogP contribution in [0.25, 0.3) is 0 Å². The van der Waals surface area contributed by atoms with Gasteiger partial charge in [-0.3, -0.25) is 14.4 Å². The third kappa shape index (κ3) is 3.70. The van der Waals surface area contributed by atoms with Gasteiger partial charge in [0.05, 0.1) is 5.56 Å². The van der Waals surface area contributed by atoms with E-state index in [1.807, 2.05) is 0 Å². The number of aromatic nitrogens is 1. The maximum Gasteiger partial charge on any atom is 0.323 e. The molecule has 0 saturated carbocycles. The summed E-state index contributed by atoms with van der Waals surface area (Å²) < 4.78 is 0. The van der Waals surface area contributed by atoms with Crippen LogP contribution in [0.5, 0.6) is 0 Å². The molecule has 7 nitrogen and oxygen atoms in total. The number of carbonyl (C=O) groups excluding carboxylic acids is 1. The first-order valence-corrected chi connectivity index (χ1v) is 5.13. The van der Waals surface area contributed by atoms with Crippen LogP contribution in [0, 0.1) is 0 Å². The summed E-state index contributed by atoms with van der Waals surface area (Å²) in [6.45, 7) is -1.45. The number of halogens is 1. The van der Waals surface area contributed by atoms with Crippen molar-refractivity contribution in [2.24, 2.45) is 0 Å². The van der Waals surface area contributed by atoms with Gasteiger partial charge in [0, 0.05) is 6.20 Å². The lowest BCUT2D eigenvalue weighted by molar-refractivity contribution is -0.140. The van der Waals surface area contributed by atoms with Crippen LogP contribution >= 0.6 is 11.6 Å². The SMILES string of the molecule is O=C(O)CN(CC(=O)O)C(=O)c1cccnc1Cl. The van der Waals surface area contributed by atoms with Crippen LogP contribution in [0.1, 0.15) is 10.4 Å². The lowest BCUT2D eigenvalue weighted by atomic mass is 10.2. The predicted octanol–water partition coefficient (Wildman–Crippen LogP) is 0.346. The highest BCUT2D eigenvalue weighted by Crippen LogP contribution is 2.14. The maximum absolute atomic E-state index is 11.9. The van der Waals surface area contributed by atoms with Crippen LogP contribution in [-0.2, 0) is 9.59 Å². The fourth-order valence-corrected chi connectivity index (χ4v) is 1.44. The van der Waals surface area contributed by atoms with Gasteiger partial charge in [0.1, 0.15) is 18.2 Å². The predicted molar refractivity (Wildman–Crippen MR) is 60.4 cm³/mol. The number of pyridine rings is 1. The molecule has 96 valence electrons. The van der Waals surface area contributed by atoms with E-state index in [1.165, 1.54) is 18.3 Å². The van der Waals surface area contributed by atoms with Gasteiger partial charge in [-0.15, -0.1) is 0 Å². The number of nitrogens with zero attached hydrogens (tertiary/aromatic N) is 2. The van der Waals surface area contributed by atoms with Gasteiger partial charge in [-0.25, -0.2) is 4.98 Å². The van der Waals surface area contributed by atoms with Crippen molar-refractivity contribution < 1.29 is 24.6 Å². The van der Waals surface area contributed by atoms with Crippen molar-refractivity contribution in [3.63, 3.8) is 0 Å². The summed E-state index contributed by atoms with van der Waals surface area (Å²) in [7, 11) is 0. The van der Waals surface area contributed by atoms with E-state index in [0.717, 1.165) is 0 Å². The molecule has 1 aromatic rings. The summed E-state index contributed by atoms with van der Waals surface area (Å²) in [5, 5.41) is 17.1. The molecule has 18 heavy (non-hydrogen) atoms. The molecule has 0 aromatic carbocycles. The van der Waals surface area contributed by atoms with Gasteiger partial charge in [0.2, 0.25) is 0 Å². The first-order valence-electron chi connectivity index (χ1n) is 4.75. The molecule has 0 aliphatic rings. The topological polar surface area (TPSA) is 108 Å². The highest BCUT2D eigenvalue weighted by atomic mass is 35.5. The minimum Gasteiger partial charge on any atom is -0.480 e. The monoisotopic (exact) mass is 272 g/mol. The Morgan fingerprint density at radius 2 is 1.78 bits per heavy atom. The molecule has 0 aliphatic heterocycles. The standard InChI is InChI=1S/C10H9ClN2O5/c11-9-6(2-1-3-12-9)10(18)13(4-7(14)15)5-8(16)17/h1-3H,4-5H2,(H,14,15)(H,16,17). The van der Waals surface area contributed by atoms with E-state index in [-0.39, 0.29) is 10.7 Å². The molecule has 1 amide bonds. The third-order valence-corrected chi connectivity index (χ3v) is 2.23. The summed E-state index contributed by atoms with van der Waals surface area (Å²) in [5.74, 6) is -3.42. The Labute approximate surface area is 107 Å². The number of rotatable bonds is 5. The van der Waals surface area contributed by atoms with Crippen molar-refractivity contribution in [2.75, 3.05) is 13.1 Å². The van der Waals surface area contributed by atoms with Crippen LogP contribution in [-0.4, -0.2) is 51.0 Å². The third-order valence-electron chi connectivity index (χ3n) is 1.93. The van der Waals surface area contributed by atoms with E-state index in [0.29, 0.717) is 4.90 Å². The minimum atomic E-state index is -1.32. The molecule has 2 N–H and O–H groups in total. The molecule has 1 aromatic heterocycles. The molecule has 0 saturated heterocycles.